The second kappa shape index (κ2) is 2.80. The maximum atomic E-state index is 10.5. The van der Waals surface area contributed by atoms with Crippen LogP contribution in [0.5, 0.6) is 0 Å². The molecular formula is C5H11N3O. The van der Waals surface area contributed by atoms with E-state index in [2.05, 4.69) is 10.6 Å². The third-order valence-electron chi connectivity index (χ3n) is 1.43. The molecule has 1 fully saturated rings. The molecule has 0 aromatic heterocycles. The van der Waals surface area contributed by atoms with E-state index in [0.717, 1.165) is 13.0 Å². The van der Waals surface area contributed by atoms with Crippen molar-refractivity contribution in [3.63, 3.8) is 0 Å². The van der Waals surface area contributed by atoms with Gasteiger partial charge in [0.15, 0.2) is 0 Å². The van der Waals surface area contributed by atoms with Gasteiger partial charge in [-0.05, 0) is 13.0 Å². The molecule has 0 aliphatic carbocycles. The van der Waals surface area contributed by atoms with E-state index in [-0.39, 0.29) is 11.9 Å². The number of primary amides is 1. The Morgan fingerprint density at radius 1 is 1.67 bits per heavy atom. The lowest BCUT2D eigenvalue weighted by molar-refractivity contribution is -0.120. The molecule has 1 amide bonds. The molecule has 1 heterocycles. The van der Waals surface area contributed by atoms with Gasteiger partial charge in [0, 0.05) is 6.67 Å². The van der Waals surface area contributed by atoms with Gasteiger partial charge >= 0.3 is 0 Å². The Labute approximate surface area is 53.8 Å². The normalized spacial score (nSPS) is 27.8. The van der Waals surface area contributed by atoms with E-state index < -0.39 is 0 Å². The number of carbonyl (C=O) groups is 1. The molecule has 1 saturated heterocycles. The maximum absolute atomic E-state index is 10.5. The average Bonchev–Trinajstić information content (AvgIpc) is 1.90. The minimum absolute atomic E-state index is 0.119. The lowest BCUT2D eigenvalue weighted by atomic mass is 10.2. The molecule has 0 spiro atoms. The SMILES string of the molecule is NC(=O)C1CCNCN1. The highest BCUT2D eigenvalue weighted by molar-refractivity contribution is 5.79. The lowest BCUT2D eigenvalue weighted by Gasteiger charge is -2.20. The van der Waals surface area contributed by atoms with Gasteiger partial charge in [-0.25, -0.2) is 0 Å². The van der Waals surface area contributed by atoms with Gasteiger partial charge in [-0.3, -0.25) is 10.1 Å². The molecule has 1 aliphatic heterocycles. The van der Waals surface area contributed by atoms with Gasteiger partial charge in [0.05, 0.1) is 6.04 Å². The van der Waals surface area contributed by atoms with Crippen molar-refractivity contribution in [2.24, 2.45) is 5.73 Å². The van der Waals surface area contributed by atoms with E-state index in [9.17, 15) is 4.79 Å². The topological polar surface area (TPSA) is 67.2 Å². The molecule has 4 N–H and O–H groups in total. The van der Waals surface area contributed by atoms with Crippen LogP contribution in [0.3, 0.4) is 0 Å². The van der Waals surface area contributed by atoms with Crippen LogP contribution < -0.4 is 16.4 Å². The fourth-order valence-electron chi connectivity index (χ4n) is 0.875. The quantitative estimate of drug-likeness (QED) is 0.398. The predicted molar refractivity (Wildman–Crippen MR) is 33.6 cm³/mol. The molecule has 9 heavy (non-hydrogen) atoms. The van der Waals surface area contributed by atoms with Crippen LogP contribution in [0.15, 0.2) is 0 Å². The maximum Gasteiger partial charge on any atom is 0.234 e. The van der Waals surface area contributed by atoms with Crippen molar-refractivity contribution in [2.45, 2.75) is 12.5 Å². The van der Waals surface area contributed by atoms with E-state index >= 15 is 0 Å². The highest BCUT2D eigenvalue weighted by atomic mass is 16.1. The summed E-state index contributed by atoms with van der Waals surface area (Å²) in [4.78, 5) is 10.5. The largest absolute Gasteiger partial charge is 0.368 e. The molecule has 1 rings (SSSR count). The summed E-state index contributed by atoms with van der Waals surface area (Å²) >= 11 is 0. The van der Waals surface area contributed by atoms with Gasteiger partial charge in [0.1, 0.15) is 0 Å². The molecule has 4 heteroatoms. The Kier molecular flexibility index (Phi) is 2.02. The monoisotopic (exact) mass is 129 g/mol. The summed E-state index contributed by atoms with van der Waals surface area (Å²) in [6.45, 7) is 1.56. The van der Waals surface area contributed by atoms with Gasteiger partial charge in [0.2, 0.25) is 5.91 Å². The van der Waals surface area contributed by atoms with Crippen molar-refractivity contribution in [3.8, 4) is 0 Å². The van der Waals surface area contributed by atoms with Crippen LogP contribution in [0.25, 0.3) is 0 Å². The van der Waals surface area contributed by atoms with Crippen molar-refractivity contribution >= 4 is 5.91 Å². The van der Waals surface area contributed by atoms with Crippen LogP contribution >= 0.6 is 0 Å². The molecular weight excluding hydrogens is 118 g/mol. The van der Waals surface area contributed by atoms with Crippen LogP contribution in [0.2, 0.25) is 0 Å². The van der Waals surface area contributed by atoms with Crippen LogP contribution in [-0.4, -0.2) is 25.2 Å². The minimum Gasteiger partial charge on any atom is -0.368 e. The summed E-state index contributed by atoms with van der Waals surface area (Å²) in [5.41, 5.74) is 5.04. The molecule has 0 aromatic rings. The van der Waals surface area contributed by atoms with Crippen molar-refractivity contribution in [3.05, 3.63) is 0 Å². The lowest BCUT2D eigenvalue weighted by Crippen LogP contribution is -2.51. The fraction of sp³-hybridized carbons (Fsp3) is 0.800. The smallest absolute Gasteiger partial charge is 0.234 e. The average molecular weight is 129 g/mol. The van der Waals surface area contributed by atoms with Gasteiger partial charge < -0.3 is 11.1 Å². The Balaban J connectivity index is 2.31. The second-order valence-electron chi connectivity index (χ2n) is 2.12. The summed E-state index contributed by atoms with van der Waals surface area (Å²) in [5.74, 6) is -0.253. The van der Waals surface area contributed by atoms with Crippen molar-refractivity contribution < 1.29 is 4.79 Å². The van der Waals surface area contributed by atoms with Crippen molar-refractivity contribution in [1.82, 2.24) is 10.6 Å². The first-order valence-electron chi connectivity index (χ1n) is 3.04. The van der Waals surface area contributed by atoms with Gasteiger partial charge in [0.25, 0.3) is 0 Å². The standard InChI is InChI=1S/C5H11N3O/c6-5(9)4-1-2-7-3-8-4/h4,7-8H,1-3H2,(H2,6,9). The molecule has 1 aliphatic rings. The van der Waals surface area contributed by atoms with Crippen molar-refractivity contribution in [1.29, 1.82) is 0 Å². The first-order valence-corrected chi connectivity index (χ1v) is 3.04. The van der Waals surface area contributed by atoms with Crippen molar-refractivity contribution in [2.75, 3.05) is 13.2 Å². The second-order valence-corrected chi connectivity index (χ2v) is 2.12. The molecule has 0 radical (unpaired) electrons. The molecule has 0 aromatic carbocycles. The Bertz CT molecular complexity index is 109. The number of hydrogen-bond donors (Lipinski definition) is 3. The molecule has 0 saturated carbocycles. The van der Waals surface area contributed by atoms with E-state index in [1.54, 1.807) is 0 Å². The third kappa shape index (κ3) is 1.65. The zero-order valence-electron chi connectivity index (χ0n) is 5.18. The number of rotatable bonds is 1. The molecule has 1 atom stereocenters. The predicted octanol–water partition coefficient (Wildman–Crippen LogP) is -1.62. The summed E-state index contributed by atoms with van der Waals surface area (Å²) < 4.78 is 0. The Morgan fingerprint density at radius 2 is 2.44 bits per heavy atom. The van der Waals surface area contributed by atoms with Crippen LogP contribution in [0, 0.1) is 0 Å². The number of hydrogen-bond acceptors (Lipinski definition) is 3. The van der Waals surface area contributed by atoms with Crippen LogP contribution in [0.1, 0.15) is 6.42 Å². The zero-order valence-corrected chi connectivity index (χ0v) is 5.18. The van der Waals surface area contributed by atoms with E-state index in [4.69, 9.17) is 5.73 Å². The molecule has 0 bridgehead atoms. The number of nitrogens with one attached hydrogen (secondary N) is 2. The Hall–Kier alpha value is -0.610. The van der Waals surface area contributed by atoms with Gasteiger partial charge in [-0.1, -0.05) is 0 Å². The minimum atomic E-state index is -0.253. The van der Waals surface area contributed by atoms with Gasteiger partial charge in [-0.15, -0.1) is 0 Å². The zero-order chi connectivity index (χ0) is 6.69. The number of carbonyl (C=O) groups excluding carboxylic acids is 1. The third-order valence-corrected chi connectivity index (χ3v) is 1.43. The highest BCUT2D eigenvalue weighted by Crippen LogP contribution is 1.91. The summed E-state index contributed by atoms with van der Waals surface area (Å²) in [6.07, 6.45) is 0.801. The number of nitrogens with two attached hydrogens (primary N) is 1. The summed E-state index contributed by atoms with van der Waals surface area (Å²) in [7, 11) is 0. The van der Waals surface area contributed by atoms with E-state index in [1.165, 1.54) is 0 Å². The van der Waals surface area contributed by atoms with Crippen LogP contribution in [0.4, 0.5) is 0 Å². The van der Waals surface area contributed by atoms with Gasteiger partial charge in [-0.2, -0.15) is 0 Å². The number of amides is 1. The molecule has 52 valence electrons. The first-order chi connectivity index (χ1) is 4.30. The molecule has 1 unspecified atom stereocenters. The first kappa shape index (κ1) is 6.51. The Morgan fingerprint density at radius 3 is 2.78 bits per heavy atom. The summed E-state index contributed by atoms with van der Waals surface area (Å²) in [5, 5.41) is 5.98. The highest BCUT2D eigenvalue weighted by Gasteiger charge is 2.16. The molecule has 4 nitrogen and oxygen atoms in total. The fourth-order valence-corrected chi connectivity index (χ4v) is 0.875. The van der Waals surface area contributed by atoms with E-state index in [0.29, 0.717) is 6.67 Å². The van der Waals surface area contributed by atoms with E-state index in [1.807, 2.05) is 0 Å². The summed E-state index contributed by atoms with van der Waals surface area (Å²) in [6, 6.07) is -0.119. The van der Waals surface area contributed by atoms with Crippen LogP contribution in [-0.2, 0) is 4.79 Å².